The van der Waals surface area contributed by atoms with Crippen LogP contribution in [0.25, 0.3) is 0 Å². The zero-order chi connectivity index (χ0) is 5.82. The van der Waals surface area contributed by atoms with E-state index in [-0.39, 0.29) is 0 Å². The van der Waals surface area contributed by atoms with E-state index in [1.807, 2.05) is 0 Å². The molecule has 0 aromatic rings. The van der Waals surface area contributed by atoms with Gasteiger partial charge in [0.2, 0.25) is 0 Å². The van der Waals surface area contributed by atoms with Gasteiger partial charge in [-0.1, -0.05) is 0 Å². The van der Waals surface area contributed by atoms with Gasteiger partial charge in [-0.3, -0.25) is 0 Å². The molecule has 0 aliphatic carbocycles. The molecule has 48 valence electrons. The summed E-state index contributed by atoms with van der Waals surface area (Å²) >= 11 is 0. The van der Waals surface area contributed by atoms with Gasteiger partial charge in [-0.2, -0.15) is 0 Å². The number of hydrogen-bond donors (Lipinski definition) is 0. The molecule has 1 rings (SSSR count). The summed E-state index contributed by atoms with van der Waals surface area (Å²) in [5, 5.41) is 0. The van der Waals surface area contributed by atoms with Crippen LogP contribution < -0.4 is 0 Å². The highest BCUT2D eigenvalue weighted by Crippen LogP contribution is 2.21. The third kappa shape index (κ3) is 2.29. The third-order valence-corrected chi connectivity index (χ3v) is 4.30. The maximum Gasteiger partial charge on any atom is 0.118 e. The molecule has 0 spiro atoms. The van der Waals surface area contributed by atoms with Crippen LogP contribution in [0.5, 0.6) is 0 Å². The minimum absolute atomic E-state index is 0.541. The molecule has 8 heavy (non-hydrogen) atoms. The van der Waals surface area contributed by atoms with E-state index in [1.165, 1.54) is 19.3 Å². The van der Waals surface area contributed by atoms with Crippen molar-refractivity contribution < 1.29 is 4.55 Å². The number of rotatable bonds is 0. The van der Waals surface area contributed by atoms with Crippen molar-refractivity contribution in [3.05, 3.63) is 0 Å². The van der Waals surface area contributed by atoms with E-state index < -0.39 is 10.2 Å². The molecule has 3 heteroatoms. The Bertz CT molecular complexity index is 59.4. The first-order valence-corrected chi connectivity index (χ1v) is 5.73. The molecule has 0 saturated carbocycles. The monoisotopic (exact) mass is 150 g/mol. The summed E-state index contributed by atoms with van der Waals surface area (Å²) in [6, 6.07) is 0. The van der Waals surface area contributed by atoms with Crippen molar-refractivity contribution in [3.63, 3.8) is 0 Å². The SMILES string of the molecule is [O-][S+]1CCCCCS1. The van der Waals surface area contributed by atoms with Crippen molar-refractivity contribution in [2.45, 2.75) is 19.3 Å². The van der Waals surface area contributed by atoms with Gasteiger partial charge in [-0.25, -0.2) is 0 Å². The standard InChI is InChI=1S/C5H10OS2/c6-8-5-3-1-2-4-7-8/h1-5H2. The average molecular weight is 150 g/mol. The topological polar surface area (TPSA) is 23.1 Å². The minimum Gasteiger partial charge on any atom is -0.605 e. The van der Waals surface area contributed by atoms with Gasteiger partial charge in [-0.15, -0.1) is 0 Å². The Morgan fingerprint density at radius 1 is 1.25 bits per heavy atom. The fourth-order valence-electron chi connectivity index (χ4n) is 0.710. The summed E-state index contributed by atoms with van der Waals surface area (Å²) in [4.78, 5) is 0. The smallest absolute Gasteiger partial charge is 0.118 e. The average Bonchev–Trinajstić information content (AvgIpc) is 1.94. The van der Waals surface area contributed by atoms with Crippen molar-refractivity contribution in [1.29, 1.82) is 0 Å². The van der Waals surface area contributed by atoms with Crippen LogP contribution >= 0.6 is 10.8 Å². The van der Waals surface area contributed by atoms with E-state index in [4.69, 9.17) is 0 Å². The fourth-order valence-corrected chi connectivity index (χ4v) is 3.39. The Labute approximate surface area is 56.8 Å². The lowest BCUT2D eigenvalue weighted by Crippen LogP contribution is -1.97. The molecule has 0 N–H and O–H groups in total. The molecular formula is C5H10OS2. The Morgan fingerprint density at radius 2 is 2.12 bits per heavy atom. The minimum atomic E-state index is -0.541. The molecule has 1 aliphatic heterocycles. The molecule has 0 amide bonds. The highest BCUT2D eigenvalue weighted by Gasteiger charge is 2.10. The highest BCUT2D eigenvalue weighted by molar-refractivity contribution is 8.72. The van der Waals surface area contributed by atoms with Crippen LogP contribution in [-0.4, -0.2) is 16.1 Å². The Balaban J connectivity index is 2.17. The largest absolute Gasteiger partial charge is 0.605 e. The summed E-state index contributed by atoms with van der Waals surface area (Å²) in [6.07, 6.45) is 3.70. The van der Waals surface area contributed by atoms with E-state index in [2.05, 4.69) is 0 Å². The van der Waals surface area contributed by atoms with Crippen molar-refractivity contribution in [1.82, 2.24) is 0 Å². The second kappa shape index (κ2) is 3.64. The molecule has 1 atom stereocenters. The first-order chi connectivity index (χ1) is 3.89. The quantitative estimate of drug-likeness (QED) is 0.386. The predicted molar refractivity (Wildman–Crippen MR) is 39.3 cm³/mol. The van der Waals surface area contributed by atoms with Gasteiger partial charge in [0.15, 0.2) is 0 Å². The zero-order valence-electron chi connectivity index (χ0n) is 4.76. The van der Waals surface area contributed by atoms with Crippen LogP contribution in [0.4, 0.5) is 0 Å². The molecule has 1 saturated heterocycles. The van der Waals surface area contributed by atoms with Crippen LogP contribution in [0.3, 0.4) is 0 Å². The summed E-state index contributed by atoms with van der Waals surface area (Å²) in [5.41, 5.74) is 0. The molecule has 1 aliphatic rings. The molecular weight excluding hydrogens is 140 g/mol. The summed E-state index contributed by atoms with van der Waals surface area (Å²) in [7, 11) is 1.07. The molecule has 1 nitrogen and oxygen atoms in total. The highest BCUT2D eigenvalue weighted by atomic mass is 33.1. The normalized spacial score (nSPS) is 31.9. The molecule has 0 aromatic heterocycles. The van der Waals surface area contributed by atoms with Crippen molar-refractivity contribution >= 4 is 21.0 Å². The molecule has 1 unspecified atom stereocenters. The maximum atomic E-state index is 10.8. The summed E-state index contributed by atoms with van der Waals surface area (Å²) < 4.78 is 10.8. The lowest BCUT2D eigenvalue weighted by Gasteiger charge is -2.01. The molecule has 0 aromatic carbocycles. The van der Waals surface area contributed by atoms with Gasteiger partial charge in [-0.05, 0) is 19.3 Å². The predicted octanol–water partition coefficient (Wildman–Crippen LogP) is 1.57. The molecule has 0 radical (unpaired) electrons. The van der Waals surface area contributed by atoms with Crippen LogP contribution in [0.15, 0.2) is 0 Å². The zero-order valence-corrected chi connectivity index (χ0v) is 6.39. The van der Waals surface area contributed by atoms with E-state index in [1.54, 1.807) is 10.8 Å². The lowest BCUT2D eigenvalue weighted by molar-refractivity contribution is 0.606. The van der Waals surface area contributed by atoms with Crippen LogP contribution in [0, 0.1) is 0 Å². The van der Waals surface area contributed by atoms with Gasteiger partial charge >= 0.3 is 0 Å². The van der Waals surface area contributed by atoms with E-state index in [0.717, 1.165) is 11.5 Å². The first-order valence-electron chi connectivity index (χ1n) is 2.91. The third-order valence-electron chi connectivity index (χ3n) is 1.17. The molecule has 1 heterocycles. The van der Waals surface area contributed by atoms with Gasteiger partial charge in [0.05, 0.1) is 10.8 Å². The first kappa shape index (κ1) is 6.78. The van der Waals surface area contributed by atoms with Crippen molar-refractivity contribution in [2.24, 2.45) is 0 Å². The second-order valence-corrected chi connectivity index (χ2v) is 5.37. The summed E-state index contributed by atoms with van der Waals surface area (Å²) in [5.74, 6) is 2.03. The Hall–Kier alpha value is 0.660. The molecule has 0 bridgehead atoms. The van der Waals surface area contributed by atoms with Gasteiger partial charge in [0.1, 0.15) is 5.75 Å². The Kier molecular flexibility index (Phi) is 3.08. The number of hydrogen-bond acceptors (Lipinski definition) is 2. The van der Waals surface area contributed by atoms with Crippen LogP contribution in [-0.2, 0) is 10.2 Å². The van der Waals surface area contributed by atoms with Crippen LogP contribution in [0.2, 0.25) is 0 Å². The lowest BCUT2D eigenvalue weighted by atomic mass is 10.3. The second-order valence-electron chi connectivity index (χ2n) is 1.89. The maximum absolute atomic E-state index is 10.8. The van der Waals surface area contributed by atoms with Crippen molar-refractivity contribution in [3.8, 4) is 0 Å². The van der Waals surface area contributed by atoms with Gasteiger partial charge in [0, 0.05) is 16.0 Å². The van der Waals surface area contributed by atoms with E-state index in [9.17, 15) is 4.55 Å². The van der Waals surface area contributed by atoms with Crippen molar-refractivity contribution in [2.75, 3.05) is 11.5 Å². The van der Waals surface area contributed by atoms with Crippen LogP contribution in [0.1, 0.15) is 19.3 Å². The van der Waals surface area contributed by atoms with E-state index in [0.29, 0.717) is 0 Å². The fraction of sp³-hybridized carbons (Fsp3) is 1.00. The van der Waals surface area contributed by atoms with Gasteiger partial charge < -0.3 is 4.55 Å². The molecule has 1 fully saturated rings. The van der Waals surface area contributed by atoms with Gasteiger partial charge in [0.25, 0.3) is 0 Å². The Morgan fingerprint density at radius 3 is 3.00 bits per heavy atom. The summed E-state index contributed by atoms with van der Waals surface area (Å²) in [6.45, 7) is 0. The van der Waals surface area contributed by atoms with E-state index >= 15 is 0 Å².